The van der Waals surface area contributed by atoms with Crippen LogP contribution in [0.15, 0.2) is 91.0 Å². The maximum absolute atomic E-state index is 13.5. The molecular formula is C34H25NO. The summed E-state index contributed by atoms with van der Waals surface area (Å²) in [5, 5.41) is 12.4. The monoisotopic (exact) mass is 463 g/mol. The first-order valence-corrected chi connectivity index (χ1v) is 12.9. The number of carbonyl (C=O) groups is 1. The summed E-state index contributed by atoms with van der Waals surface area (Å²) in [6.07, 6.45) is 6.63. The predicted octanol–water partition coefficient (Wildman–Crippen LogP) is 8.13. The summed E-state index contributed by atoms with van der Waals surface area (Å²) < 4.78 is 0. The van der Waals surface area contributed by atoms with Gasteiger partial charge in [-0.1, -0.05) is 48.6 Å². The second kappa shape index (κ2) is 7.49. The number of hydrogen-bond donors (Lipinski definition) is 0. The summed E-state index contributed by atoms with van der Waals surface area (Å²) in [7, 11) is 0. The molecule has 0 aromatic heterocycles. The number of rotatable bonds is 1. The second-order valence-corrected chi connectivity index (χ2v) is 10.5. The van der Waals surface area contributed by atoms with Crippen molar-refractivity contribution in [2.75, 3.05) is 13.1 Å². The molecule has 1 saturated heterocycles. The van der Waals surface area contributed by atoms with Crippen molar-refractivity contribution in [1.82, 2.24) is 4.90 Å². The van der Waals surface area contributed by atoms with E-state index in [0.717, 1.165) is 29.6 Å². The van der Waals surface area contributed by atoms with E-state index in [1.54, 1.807) is 0 Å². The largest absolute Gasteiger partial charge is 0.292 e. The molecule has 8 rings (SSSR count). The zero-order chi connectivity index (χ0) is 23.8. The van der Waals surface area contributed by atoms with E-state index in [1.165, 1.54) is 61.3 Å². The first-order chi connectivity index (χ1) is 17.7. The summed E-state index contributed by atoms with van der Waals surface area (Å²) in [4.78, 5) is 15.8. The minimum atomic E-state index is -0.111. The van der Waals surface area contributed by atoms with Gasteiger partial charge in [-0.05, 0) is 134 Å². The van der Waals surface area contributed by atoms with Gasteiger partial charge < -0.3 is 0 Å². The van der Waals surface area contributed by atoms with Crippen LogP contribution >= 0.6 is 0 Å². The van der Waals surface area contributed by atoms with Gasteiger partial charge in [0.25, 0.3) is 0 Å². The third-order valence-corrected chi connectivity index (χ3v) is 8.31. The fraction of sp³-hybridized carbons (Fsp3) is 0.147. The lowest BCUT2D eigenvalue weighted by Gasteiger charge is -2.27. The lowest BCUT2D eigenvalue weighted by Crippen LogP contribution is -2.39. The number of fused-ring (bicyclic) bond motifs is 7. The van der Waals surface area contributed by atoms with Crippen LogP contribution in [0.4, 0.5) is 0 Å². The van der Waals surface area contributed by atoms with Crippen molar-refractivity contribution in [3.8, 4) is 0 Å². The van der Waals surface area contributed by atoms with Crippen molar-refractivity contribution in [3.05, 3.63) is 102 Å². The van der Waals surface area contributed by atoms with Crippen LogP contribution in [0.2, 0.25) is 0 Å². The highest BCUT2D eigenvalue weighted by molar-refractivity contribution is 6.17. The maximum Gasteiger partial charge on any atom is 0.184 e. The number of carbonyl (C=O) groups excluding carboxylic acids is 1. The lowest BCUT2D eigenvalue weighted by atomic mass is 9.88. The molecule has 0 saturated carbocycles. The van der Waals surface area contributed by atoms with Crippen LogP contribution in [0, 0.1) is 0 Å². The van der Waals surface area contributed by atoms with E-state index in [-0.39, 0.29) is 11.8 Å². The Kier molecular flexibility index (Phi) is 4.21. The van der Waals surface area contributed by atoms with Crippen molar-refractivity contribution in [3.63, 3.8) is 0 Å². The molecule has 1 aliphatic heterocycles. The number of Topliss-reactive ketones (excluding diaryl/α,β-unsaturated/α-hetero) is 1. The Morgan fingerprint density at radius 3 is 1.81 bits per heavy atom. The van der Waals surface area contributed by atoms with Crippen molar-refractivity contribution < 1.29 is 4.79 Å². The van der Waals surface area contributed by atoms with Crippen LogP contribution in [0.25, 0.3) is 59.9 Å². The Morgan fingerprint density at radius 1 is 0.583 bits per heavy atom. The second-order valence-electron chi connectivity index (χ2n) is 10.5. The molecule has 0 bridgehead atoms. The van der Waals surface area contributed by atoms with E-state index in [0.29, 0.717) is 0 Å². The Bertz CT molecular complexity index is 1920. The first-order valence-electron chi connectivity index (χ1n) is 12.9. The molecule has 0 spiro atoms. The van der Waals surface area contributed by atoms with E-state index < -0.39 is 0 Å². The van der Waals surface area contributed by atoms with Crippen molar-refractivity contribution in [2.45, 2.75) is 18.9 Å². The average molecular weight is 464 g/mol. The minimum Gasteiger partial charge on any atom is -0.292 e. The molecule has 6 aromatic carbocycles. The molecule has 1 aliphatic carbocycles. The van der Waals surface area contributed by atoms with Gasteiger partial charge in [0.1, 0.15) is 0 Å². The molecule has 172 valence electrons. The molecule has 6 aromatic rings. The smallest absolute Gasteiger partial charge is 0.184 e. The Labute approximate surface area is 209 Å². The van der Waals surface area contributed by atoms with Gasteiger partial charge in [0.15, 0.2) is 5.78 Å². The van der Waals surface area contributed by atoms with Crippen LogP contribution in [0.3, 0.4) is 0 Å². The molecule has 1 heterocycles. The van der Waals surface area contributed by atoms with Crippen LogP contribution < -0.4 is 0 Å². The third kappa shape index (κ3) is 2.98. The molecule has 36 heavy (non-hydrogen) atoms. The van der Waals surface area contributed by atoms with Gasteiger partial charge in [0.2, 0.25) is 0 Å². The molecule has 0 amide bonds. The molecule has 1 fully saturated rings. The van der Waals surface area contributed by atoms with Gasteiger partial charge >= 0.3 is 0 Å². The minimum absolute atomic E-state index is 0.111. The Hall–Kier alpha value is -4.01. The maximum atomic E-state index is 13.5. The number of nitrogens with zero attached hydrogens (tertiary/aromatic N) is 1. The summed E-state index contributed by atoms with van der Waals surface area (Å²) in [6.45, 7) is 2.03. The van der Waals surface area contributed by atoms with Crippen LogP contribution in [0.5, 0.6) is 0 Å². The first kappa shape index (κ1) is 20.2. The van der Waals surface area contributed by atoms with Crippen LogP contribution in [-0.2, 0) is 0 Å². The van der Waals surface area contributed by atoms with Crippen LogP contribution in [-0.4, -0.2) is 29.8 Å². The zero-order valence-electron chi connectivity index (χ0n) is 20.0. The SMILES string of the molecule is O=C1c2cc3cc4c(ccc5cc6cc7ccccc7cc6cc54)cc3cc2C=CC1N1CCCC1. The number of benzene rings is 6. The van der Waals surface area contributed by atoms with E-state index >= 15 is 0 Å². The standard InChI is InChI=1S/C34H25NO/c36-34-32-20-29-19-31-24(16-27(29)17-25(32)9-10-33(34)35-11-3-4-12-35)8-7-23-15-26-13-21-5-1-2-6-22(21)14-28(26)18-30(23)31/h1-2,5-10,13-20,33H,3-4,11-12H2. The summed E-state index contributed by atoms with van der Waals surface area (Å²) in [6, 6.07) is 31.0. The quantitative estimate of drug-likeness (QED) is 0.181. The van der Waals surface area contributed by atoms with Gasteiger partial charge in [-0.3, -0.25) is 9.69 Å². The molecule has 0 N–H and O–H groups in total. The van der Waals surface area contributed by atoms with Gasteiger partial charge in [-0.25, -0.2) is 0 Å². The molecular weight excluding hydrogens is 438 g/mol. The molecule has 2 nitrogen and oxygen atoms in total. The zero-order valence-corrected chi connectivity index (χ0v) is 20.0. The highest BCUT2D eigenvalue weighted by Gasteiger charge is 2.30. The molecule has 1 unspecified atom stereocenters. The highest BCUT2D eigenvalue weighted by Crippen LogP contribution is 2.35. The number of hydrogen-bond acceptors (Lipinski definition) is 2. The molecule has 2 heteroatoms. The van der Waals surface area contributed by atoms with E-state index in [9.17, 15) is 4.79 Å². The highest BCUT2D eigenvalue weighted by atomic mass is 16.1. The van der Waals surface area contributed by atoms with E-state index in [2.05, 4.69) is 102 Å². The third-order valence-electron chi connectivity index (χ3n) is 8.31. The predicted molar refractivity (Wildman–Crippen MR) is 152 cm³/mol. The summed E-state index contributed by atoms with van der Waals surface area (Å²) in [5.41, 5.74) is 1.90. The van der Waals surface area contributed by atoms with Gasteiger partial charge in [-0.15, -0.1) is 0 Å². The molecule has 0 radical (unpaired) electrons. The van der Waals surface area contributed by atoms with Gasteiger partial charge in [0, 0.05) is 5.56 Å². The number of likely N-dealkylation sites (tertiary alicyclic amines) is 1. The average Bonchev–Trinajstić information content (AvgIpc) is 3.44. The Balaban J connectivity index is 1.34. The van der Waals surface area contributed by atoms with Crippen molar-refractivity contribution in [2.24, 2.45) is 0 Å². The van der Waals surface area contributed by atoms with E-state index in [1.807, 2.05) is 0 Å². The van der Waals surface area contributed by atoms with Crippen molar-refractivity contribution in [1.29, 1.82) is 0 Å². The van der Waals surface area contributed by atoms with Crippen LogP contribution in [0.1, 0.15) is 28.8 Å². The lowest BCUT2D eigenvalue weighted by molar-refractivity contribution is 0.0890. The molecule has 1 atom stereocenters. The summed E-state index contributed by atoms with van der Waals surface area (Å²) >= 11 is 0. The van der Waals surface area contributed by atoms with Gasteiger partial charge in [0.05, 0.1) is 6.04 Å². The summed E-state index contributed by atoms with van der Waals surface area (Å²) in [5.74, 6) is 0.243. The normalized spacial score (nSPS) is 18.2. The van der Waals surface area contributed by atoms with E-state index in [4.69, 9.17) is 0 Å². The van der Waals surface area contributed by atoms with Crippen molar-refractivity contribution >= 4 is 65.7 Å². The Morgan fingerprint density at radius 2 is 1.14 bits per heavy atom. The molecule has 2 aliphatic rings. The number of ketones is 1. The topological polar surface area (TPSA) is 20.3 Å². The van der Waals surface area contributed by atoms with Gasteiger partial charge in [-0.2, -0.15) is 0 Å². The fourth-order valence-corrected chi connectivity index (χ4v) is 6.42. The fourth-order valence-electron chi connectivity index (χ4n) is 6.42.